The first kappa shape index (κ1) is 19.2. The van der Waals surface area contributed by atoms with Crippen molar-refractivity contribution >= 4 is 39.1 Å². The molecule has 1 atom stereocenters. The average molecular weight is 452 g/mol. The number of hydrogen-bond donors (Lipinski definition) is 1. The lowest BCUT2D eigenvalue weighted by atomic mass is 9.99. The second-order valence-electron chi connectivity index (χ2n) is 6.91. The third kappa shape index (κ3) is 3.29. The van der Waals surface area contributed by atoms with Gasteiger partial charge in [0.15, 0.2) is 0 Å². The highest BCUT2D eigenvalue weighted by Gasteiger charge is 2.48. The Morgan fingerprint density at radius 2 is 1.69 bits per heavy atom. The number of halogens is 1. The van der Waals surface area contributed by atoms with E-state index < -0.39 is 17.7 Å². The van der Waals surface area contributed by atoms with Crippen molar-refractivity contribution < 1.29 is 19.1 Å². The Balaban J connectivity index is 1.96. The highest BCUT2D eigenvalue weighted by molar-refractivity contribution is 9.10. The molecule has 1 fully saturated rings. The smallest absolute Gasteiger partial charge is 0.300 e. The Kier molecular flexibility index (Phi) is 4.88. The van der Waals surface area contributed by atoms with E-state index in [1.54, 1.807) is 55.5 Å². The number of benzene rings is 2. The summed E-state index contributed by atoms with van der Waals surface area (Å²) in [5.74, 6) is -0.599. The molecule has 1 aliphatic heterocycles. The number of anilines is 1. The summed E-state index contributed by atoms with van der Waals surface area (Å²) in [6.07, 6.45) is 0. The summed E-state index contributed by atoms with van der Waals surface area (Å²) in [6, 6.07) is 16.9. The lowest BCUT2D eigenvalue weighted by molar-refractivity contribution is -0.132. The second kappa shape index (κ2) is 7.37. The fourth-order valence-corrected chi connectivity index (χ4v) is 3.81. The number of para-hydroxylation sites is 1. The first-order chi connectivity index (χ1) is 13.9. The molecular formula is C23H18BrNO4. The zero-order chi connectivity index (χ0) is 20.7. The van der Waals surface area contributed by atoms with Gasteiger partial charge in [0.25, 0.3) is 11.7 Å². The van der Waals surface area contributed by atoms with Gasteiger partial charge in [0.05, 0.1) is 5.57 Å². The molecule has 1 N–H and O–H groups in total. The summed E-state index contributed by atoms with van der Waals surface area (Å²) in [5, 5.41) is 11.0. The van der Waals surface area contributed by atoms with Gasteiger partial charge >= 0.3 is 0 Å². The standard InChI is InChI=1S/C23H18BrNO4/c1-13-5-3-4-6-17(13)25-20(18-12-7-14(2)29-18)19(22(27)23(25)28)21(26)15-8-10-16(24)11-9-15/h3-12,20,26H,1-2H3/b21-19-. The number of carbonyl (C=O) groups excluding carboxylic acids is 2. The third-order valence-electron chi connectivity index (χ3n) is 4.97. The van der Waals surface area contributed by atoms with Gasteiger partial charge in [0, 0.05) is 15.7 Å². The van der Waals surface area contributed by atoms with Crippen molar-refractivity contribution in [2.45, 2.75) is 19.9 Å². The number of carbonyl (C=O) groups is 2. The van der Waals surface area contributed by atoms with Crippen LogP contribution in [0.15, 0.2) is 75.1 Å². The summed E-state index contributed by atoms with van der Waals surface area (Å²) < 4.78 is 6.63. The minimum absolute atomic E-state index is 0.00919. The van der Waals surface area contributed by atoms with E-state index in [1.165, 1.54) is 4.90 Å². The van der Waals surface area contributed by atoms with E-state index in [0.717, 1.165) is 10.0 Å². The summed E-state index contributed by atoms with van der Waals surface area (Å²) in [4.78, 5) is 27.4. The first-order valence-corrected chi connectivity index (χ1v) is 9.86. The molecule has 0 bridgehead atoms. The molecule has 1 saturated heterocycles. The molecule has 0 spiro atoms. The van der Waals surface area contributed by atoms with Crippen LogP contribution < -0.4 is 4.90 Å². The highest BCUT2D eigenvalue weighted by Crippen LogP contribution is 2.43. The van der Waals surface area contributed by atoms with Gasteiger partial charge in [0.2, 0.25) is 0 Å². The van der Waals surface area contributed by atoms with Gasteiger partial charge in [-0.3, -0.25) is 14.5 Å². The molecular weight excluding hydrogens is 434 g/mol. The summed E-state index contributed by atoms with van der Waals surface area (Å²) in [6.45, 7) is 3.66. The van der Waals surface area contributed by atoms with Crippen LogP contribution in [0.4, 0.5) is 5.69 Å². The maximum absolute atomic E-state index is 13.0. The Labute approximate surface area is 176 Å². The zero-order valence-corrected chi connectivity index (χ0v) is 17.4. The van der Waals surface area contributed by atoms with Crippen LogP contribution in [0.25, 0.3) is 5.76 Å². The normalized spacial score (nSPS) is 18.4. The number of ketones is 1. The van der Waals surface area contributed by atoms with Crippen LogP contribution in [0.3, 0.4) is 0 Å². The van der Waals surface area contributed by atoms with E-state index in [4.69, 9.17) is 4.42 Å². The maximum Gasteiger partial charge on any atom is 0.300 e. The van der Waals surface area contributed by atoms with Crippen LogP contribution in [0.1, 0.15) is 28.7 Å². The summed E-state index contributed by atoms with van der Waals surface area (Å²) >= 11 is 3.36. The van der Waals surface area contributed by atoms with Gasteiger partial charge in [-0.25, -0.2) is 0 Å². The third-order valence-corrected chi connectivity index (χ3v) is 5.50. The van der Waals surface area contributed by atoms with Crippen molar-refractivity contribution in [2.24, 2.45) is 0 Å². The van der Waals surface area contributed by atoms with Crippen molar-refractivity contribution in [3.8, 4) is 0 Å². The van der Waals surface area contributed by atoms with Crippen molar-refractivity contribution in [1.82, 2.24) is 0 Å². The van der Waals surface area contributed by atoms with Crippen molar-refractivity contribution in [3.05, 3.63) is 93.4 Å². The molecule has 146 valence electrons. The summed E-state index contributed by atoms with van der Waals surface area (Å²) in [7, 11) is 0. The van der Waals surface area contributed by atoms with Crippen LogP contribution >= 0.6 is 15.9 Å². The summed E-state index contributed by atoms with van der Waals surface area (Å²) in [5.41, 5.74) is 1.90. The van der Waals surface area contributed by atoms with Gasteiger partial charge in [-0.2, -0.15) is 0 Å². The first-order valence-electron chi connectivity index (χ1n) is 9.07. The Hall–Kier alpha value is -3.12. The van der Waals surface area contributed by atoms with Crippen LogP contribution in [-0.2, 0) is 9.59 Å². The van der Waals surface area contributed by atoms with Crippen LogP contribution in [-0.4, -0.2) is 16.8 Å². The van der Waals surface area contributed by atoms with E-state index in [9.17, 15) is 14.7 Å². The lowest BCUT2D eigenvalue weighted by Gasteiger charge is -2.24. The molecule has 2 heterocycles. The topological polar surface area (TPSA) is 70.8 Å². The number of aryl methyl sites for hydroxylation is 2. The van der Waals surface area contributed by atoms with Gasteiger partial charge in [0.1, 0.15) is 23.3 Å². The SMILES string of the molecule is Cc1ccc(C2/C(=C(/O)c3ccc(Br)cc3)C(=O)C(=O)N2c2ccccc2C)o1. The molecule has 6 heteroatoms. The Morgan fingerprint density at radius 1 is 1.00 bits per heavy atom. The number of furan rings is 1. The monoisotopic (exact) mass is 451 g/mol. The molecule has 5 nitrogen and oxygen atoms in total. The molecule has 1 unspecified atom stereocenters. The largest absolute Gasteiger partial charge is 0.507 e. The molecule has 1 aliphatic rings. The molecule has 1 aromatic heterocycles. The van der Waals surface area contributed by atoms with Gasteiger partial charge in [-0.1, -0.05) is 46.3 Å². The molecule has 29 heavy (non-hydrogen) atoms. The number of aliphatic hydroxyl groups excluding tert-OH is 1. The maximum atomic E-state index is 13.0. The molecule has 0 saturated carbocycles. The van der Waals surface area contributed by atoms with E-state index in [0.29, 0.717) is 22.8 Å². The predicted molar refractivity (Wildman–Crippen MR) is 114 cm³/mol. The minimum Gasteiger partial charge on any atom is -0.507 e. The number of Topliss-reactive ketones (excluding diaryl/α,β-unsaturated/α-hetero) is 1. The van der Waals surface area contributed by atoms with E-state index >= 15 is 0 Å². The average Bonchev–Trinajstić information content (AvgIpc) is 3.24. The van der Waals surface area contributed by atoms with Crippen molar-refractivity contribution in [3.63, 3.8) is 0 Å². The Morgan fingerprint density at radius 3 is 2.31 bits per heavy atom. The number of amides is 1. The molecule has 1 amide bonds. The predicted octanol–water partition coefficient (Wildman–Crippen LogP) is 5.29. The van der Waals surface area contributed by atoms with Gasteiger partial charge in [-0.05, 0) is 49.7 Å². The number of rotatable bonds is 3. The second-order valence-corrected chi connectivity index (χ2v) is 7.83. The zero-order valence-electron chi connectivity index (χ0n) is 15.8. The number of hydrogen-bond acceptors (Lipinski definition) is 4. The molecule has 3 aromatic rings. The molecule has 2 aromatic carbocycles. The fourth-order valence-electron chi connectivity index (χ4n) is 3.55. The van der Waals surface area contributed by atoms with Crippen molar-refractivity contribution in [2.75, 3.05) is 4.90 Å². The molecule has 0 radical (unpaired) electrons. The lowest BCUT2D eigenvalue weighted by Crippen LogP contribution is -2.29. The molecule has 4 rings (SSSR count). The number of aliphatic hydroxyl groups is 1. The van der Waals surface area contributed by atoms with E-state index in [-0.39, 0.29) is 11.3 Å². The van der Waals surface area contributed by atoms with E-state index in [1.807, 2.05) is 19.1 Å². The fraction of sp³-hybridized carbons (Fsp3) is 0.130. The minimum atomic E-state index is -0.853. The van der Waals surface area contributed by atoms with Crippen LogP contribution in [0, 0.1) is 13.8 Å². The highest BCUT2D eigenvalue weighted by atomic mass is 79.9. The van der Waals surface area contributed by atoms with E-state index in [2.05, 4.69) is 15.9 Å². The van der Waals surface area contributed by atoms with Crippen LogP contribution in [0.5, 0.6) is 0 Å². The molecule has 0 aliphatic carbocycles. The van der Waals surface area contributed by atoms with Crippen LogP contribution in [0.2, 0.25) is 0 Å². The van der Waals surface area contributed by atoms with Gasteiger partial charge in [-0.15, -0.1) is 0 Å². The Bertz CT molecular complexity index is 1140. The van der Waals surface area contributed by atoms with Crippen molar-refractivity contribution in [1.29, 1.82) is 0 Å². The van der Waals surface area contributed by atoms with Gasteiger partial charge < -0.3 is 9.52 Å². The number of nitrogens with zero attached hydrogens (tertiary/aromatic N) is 1. The quantitative estimate of drug-likeness (QED) is 0.333.